The van der Waals surface area contributed by atoms with Gasteiger partial charge in [0.25, 0.3) is 0 Å². The average Bonchev–Trinajstić information content (AvgIpc) is 4.03. The first-order chi connectivity index (χ1) is 28.6. The number of carbonyl (C=O) groups is 4. The molecule has 0 radical (unpaired) electrons. The van der Waals surface area contributed by atoms with Gasteiger partial charge in [0.1, 0.15) is 23.7 Å². The van der Waals surface area contributed by atoms with Crippen LogP contribution in [0.5, 0.6) is 0 Å². The number of H-pyrrole nitrogens is 2. The second-order valence-electron chi connectivity index (χ2n) is 16.2. The monoisotopic (exact) mass is 864 g/mol. The maximum Gasteiger partial charge on any atom is 0.407 e. The topological polar surface area (TPSA) is 184 Å². The van der Waals surface area contributed by atoms with E-state index in [0.29, 0.717) is 54.2 Å². The number of nitrogens with one attached hydrogen (secondary N) is 4. The first kappa shape index (κ1) is 44.4. The summed E-state index contributed by atoms with van der Waals surface area (Å²) < 4.78 is 15.0. The van der Waals surface area contributed by atoms with Gasteiger partial charge in [0.15, 0.2) is 10.3 Å². The molecule has 2 aromatic carbocycles. The fourth-order valence-electron chi connectivity index (χ4n) is 8.24. The minimum atomic E-state index is -0.785. The van der Waals surface area contributed by atoms with E-state index in [0.717, 1.165) is 28.7 Å². The fraction of sp³-hybridized carbons (Fsp3) is 0.488. The van der Waals surface area contributed by atoms with Crippen molar-refractivity contribution in [3.63, 3.8) is 0 Å². The smallest absolute Gasteiger partial charge is 0.407 e. The molecule has 322 valence electrons. The number of benzene rings is 2. The zero-order valence-electron chi connectivity index (χ0n) is 35.2. The van der Waals surface area contributed by atoms with Crippen LogP contribution in [0.15, 0.2) is 48.5 Å². The standard InChI is InChI=1S/C43H54Cl2N8O7/c1-22(2)32(48-42(56)59-7)40(54)52-20-25(21-58-6)19-31(52)39-47-35(37(45)51-39)29-16-12-27(13-17-29)26-10-14-28(15-11-26)34-36(44)50-38(46-34)30-18-9-24(5)53(30)41(55)33(23(3)4)49-43(57)60-8/h10-17,22-25,30-33H,9,18-21H2,1-8H3,(H,46,50)(H,47,51)(H,48,56)(H,49,57)/t24-,25-,30-,31-,32-,33?/m0/s1. The Kier molecular flexibility index (Phi) is 14.1. The number of imidazole rings is 2. The lowest BCUT2D eigenvalue weighted by atomic mass is 10.0. The number of hydrogen-bond acceptors (Lipinski definition) is 9. The van der Waals surface area contributed by atoms with Crippen molar-refractivity contribution in [3.05, 3.63) is 70.5 Å². The third-order valence-corrected chi connectivity index (χ3v) is 12.0. The Morgan fingerprint density at radius 3 is 1.62 bits per heavy atom. The molecular formula is C43H54Cl2N8O7. The summed E-state index contributed by atoms with van der Waals surface area (Å²) in [6.45, 7) is 10.4. The van der Waals surface area contributed by atoms with Gasteiger partial charge in [-0.05, 0) is 49.1 Å². The zero-order valence-corrected chi connectivity index (χ0v) is 36.7. The number of aromatic amines is 2. The number of ether oxygens (including phenoxy) is 3. The van der Waals surface area contributed by atoms with Crippen LogP contribution in [0.1, 0.15) is 77.6 Å². The molecule has 2 aliphatic heterocycles. The summed E-state index contributed by atoms with van der Waals surface area (Å²) in [6.07, 6.45) is 0.758. The number of rotatable bonds is 13. The molecule has 17 heteroatoms. The van der Waals surface area contributed by atoms with Crippen LogP contribution in [0.4, 0.5) is 9.59 Å². The molecule has 2 saturated heterocycles. The van der Waals surface area contributed by atoms with Crippen LogP contribution in [-0.4, -0.2) is 106 Å². The van der Waals surface area contributed by atoms with E-state index in [1.165, 1.54) is 14.2 Å². The summed E-state index contributed by atoms with van der Waals surface area (Å²) >= 11 is 13.5. The highest BCUT2D eigenvalue weighted by Crippen LogP contribution is 2.40. The normalized spacial score (nSPS) is 20.1. The molecule has 0 bridgehead atoms. The predicted octanol–water partition coefficient (Wildman–Crippen LogP) is 7.79. The first-order valence-electron chi connectivity index (χ1n) is 20.2. The van der Waals surface area contributed by atoms with Crippen LogP contribution in [0.25, 0.3) is 33.6 Å². The first-order valence-corrected chi connectivity index (χ1v) is 20.9. The Balaban J connectivity index is 1.18. The van der Waals surface area contributed by atoms with Crippen molar-refractivity contribution in [2.75, 3.05) is 34.5 Å². The highest BCUT2D eigenvalue weighted by molar-refractivity contribution is 6.32. The third-order valence-electron chi connectivity index (χ3n) is 11.4. The average molecular weight is 866 g/mol. The van der Waals surface area contributed by atoms with Crippen LogP contribution in [0, 0.1) is 17.8 Å². The number of aromatic nitrogens is 4. The van der Waals surface area contributed by atoms with E-state index >= 15 is 0 Å². The van der Waals surface area contributed by atoms with E-state index < -0.39 is 30.3 Å². The van der Waals surface area contributed by atoms with E-state index in [2.05, 4.69) is 30.6 Å². The number of likely N-dealkylation sites (tertiary alicyclic amines) is 2. The summed E-state index contributed by atoms with van der Waals surface area (Å²) in [4.78, 5) is 71.6. The minimum absolute atomic E-state index is 0.0597. The van der Waals surface area contributed by atoms with Gasteiger partial charge >= 0.3 is 12.2 Å². The minimum Gasteiger partial charge on any atom is -0.453 e. The quantitative estimate of drug-likeness (QED) is 0.104. The van der Waals surface area contributed by atoms with Crippen molar-refractivity contribution in [1.82, 2.24) is 40.4 Å². The van der Waals surface area contributed by atoms with Crippen LogP contribution in [0.2, 0.25) is 10.3 Å². The van der Waals surface area contributed by atoms with E-state index in [1.807, 2.05) is 83.1 Å². The second kappa shape index (κ2) is 19.1. The SMILES string of the molecule is COC[C@H]1C[C@@H](c2nc(Cl)c(-c3ccc(-c4ccc(-c5[nH]c([C@@H]6CC[C@H](C)N6C(=O)C(NC(=O)OC)C(C)C)nc5Cl)cc4)cc3)[nH]2)N(C(=O)[C@@H](NC(=O)OC)C(C)C)C1. The molecule has 2 aliphatic rings. The van der Waals surface area contributed by atoms with Gasteiger partial charge in [-0.3, -0.25) is 9.59 Å². The highest BCUT2D eigenvalue weighted by atomic mass is 35.5. The molecular weight excluding hydrogens is 811 g/mol. The van der Waals surface area contributed by atoms with Gasteiger partial charge in [0.2, 0.25) is 11.8 Å². The predicted molar refractivity (Wildman–Crippen MR) is 228 cm³/mol. The maximum atomic E-state index is 13.9. The Hall–Kier alpha value is -5.12. The molecule has 0 spiro atoms. The van der Waals surface area contributed by atoms with Gasteiger partial charge in [-0.15, -0.1) is 0 Å². The lowest BCUT2D eigenvalue weighted by molar-refractivity contribution is -0.137. The summed E-state index contributed by atoms with van der Waals surface area (Å²) in [5, 5.41) is 5.97. The molecule has 1 unspecified atom stereocenters. The molecule has 4 amide bonds. The van der Waals surface area contributed by atoms with Crippen LogP contribution >= 0.6 is 23.2 Å². The van der Waals surface area contributed by atoms with Crippen molar-refractivity contribution in [3.8, 4) is 33.6 Å². The molecule has 2 aromatic heterocycles. The lowest BCUT2D eigenvalue weighted by Crippen LogP contribution is -2.52. The molecule has 60 heavy (non-hydrogen) atoms. The summed E-state index contributed by atoms with van der Waals surface area (Å²) in [5.41, 5.74) is 4.88. The molecule has 4 N–H and O–H groups in total. The van der Waals surface area contributed by atoms with Crippen molar-refractivity contribution in [2.24, 2.45) is 17.8 Å². The highest BCUT2D eigenvalue weighted by Gasteiger charge is 2.43. The van der Waals surface area contributed by atoms with E-state index in [9.17, 15) is 19.2 Å². The van der Waals surface area contributed by atoms with E-state index in [-0.39, 0.29) is 46.8 Å². The number of methoxy groups -OCH3 is 3. The number of alkyl carbamates (subject to hydrolysis) is 2. The van der Waals surface area contributed by atoms with Gasteiger partial charge in [-0.1, -0.05) is 99.4 Å². The van der Waals surface area contributed by atoms with Crippen molar-refractivity contribution in [2.45, 2.75) is 84.1 Å². The summed E-state index contributed by atoms with van der Waals surface area (Å²) in [6, 6.07) is 13.5. The Morgan fingerprint density at radius 1 is 0.717 bits per heavy atom. The lowest BCUT2D eigenvalue weighted by Gasteiger charge is -2.32. The molecule has 6 rings (SSSR count). The Morgan fingerprint density at radius 2 is 1.17 bits per heavy atom. The van der Waals surface area contributed by atoms with Crippen molar-refractivity contribution in [1.29, 1.82) is 0 Å². The van der Waals surface area contributed by atoms with Gasteiger partial charge in [0, 0.05) is 36.7 Å². The molecule has 6 atom stereocenters. The zero-order chi connectivity index (χ0) is 43.4. The van der Waals surface area contributed by atoms with Crippen LogP contribution in [0.3, 0.4) is 0 Å². The number of amides is 4. The van der Waals surface area contributed by atoms with Gasteiger partial charge in [0.05, 0.1) is 44.3 Å². The molecule has 0 aliphatic carbocycles. The molecule has 2 fully saturated rings. The van der Waals surface area contributed by atoms with Gasteiger partial charge in [-0.25, -0.2) is 19.6 Å². The van der Waals surface area contributed by atoms with Crippen LogP contribution in [-0.2, 0) is 23.8 Å². The Labute approximate surface area is 360 Å². The molecule has 0 saturated carbocycles. The van der Waals surface area contributed by atoms with Gasteiger partial charge < -0.3 is 44.6 Å². The number of halogens is 2. The summed E-state index contributed by atoms with van der Waals surface area (Å²) in [5.74, 6) is 0.449. The molecule has 4 aromatic rings. The van der Waals surface area contributed by atoms with Crippen LogP contribution < -0.4 is 10.6 Å². The number of carbonyl (C=O) groups excluding carboxylic acids is 4. The largest absolute Gasteiger partial charge is 0.453 e. The van der Waals surface area contributed by atoms with Crippen molar-refractivity contribution < 1.29 is 33.4 Å². The number of hydrogen-bond donors (Lipinski definition) is 4. The molecule has 15 nitrogen and oxygen atoms in total. The van der Waals surface area contributed by atoms with Gasteiger partial charge in [-0.2, -0.15) is 0 Å². The van der Waals surface area contributed by atoms with Crippen molar-refractivity contribution >= 4 is 47.2 Å². The Bertz CT molecular complexity index is 2160. The maximum absolute atomic E-state index is 13.9. The fourth-order valence-corrected chi connectivity index (χ4v) is 8.73. The second-order valence-corrected chi connectivity index (χ2v) is 16.9. The third kappa shape index (κ3) is 9.43. The number of nitrogens with zero attached hydrogens (tertiary/aromatic N) is 4. The van der Waals surface area contributed by atoms with E-state index in [4.69, 9.17) is 37.4 Å². The van der Waals surface area contributed by atoms with E-state index in [1.54, 1.807) is 16.9 Å². The summed E-state index contributed by atoms with van der Waals surface area (Å²) in [7, 11) is 4.18. The molecule has 4 heterocycles.